The molecule has 2 aromatic carbocycles. The van der Waals surface area contributed by atoms with Crippen LogP contribution in [0.25, 0.3) is 10.9 Å². The second kappa shape index (κ2) is 8.74. The number of pyridine rings is 1. The Morgan fingerprint density at radius 3 is 2.55 bits per heavy atom. The van der Waals surface area contributed by atoms with Crippen LogP contribution in [0.4, 0.5) is 0 Å². The Morgan fingerprint density at radius 2 is 1.76 bits per heavy atom. The van der Waals surface area contributed by atoms with Crippen molar-refractivity contribution in [1.29, 1.82) is 0 Å². The molecule has 4 aromatic rings. The number of amides is 1. The van der Waals surface area contributed by atoms with E-state index in [4.69, 9.17) is 4.42 Å². The van der Waals surface area contributed by atoms with E-state index in [1.165, 1.54) is 5.56 Å². The molecule has 0 radical (unpaired) electrons. The van der Waals surface area contributed by atoms with Gasteiger partial charge in [-0.25, -0.2) is 4.98 Å². The average Bonchev–Trinajstić information content (AvgIpc) is 3.29. The highest BCUT2D eigenvalue weighted by molar-refractivity contribution is 5.95. The third-order valence-electron chi connectivity index (χ3n) is 5.21. The van der Waals surface area contributed by atoms with Crippen molar-refractivity contribution in [3.05, 3.63) is 102 Å². The predicted molar refractivity (Wildman–Crippen MR) is 115 cm³/mol. The van der Waals surface area contributed by atoms with Crippen LogP contribution in [-0.4, -0.2) is 21.8 Å². The number of aromatic nitrogens is 1. The van der Waals surface area contributed by atoms with Gasteiger partial charge in [-0.2, -0.15) is 0 Å². The summed E-state index contributed by atoms with van der Waals surface area (Å²) in [5.74, 6) is 0.693. The Hall–Kier alpha value is -3.40. The minimum Gasteiger partial charge on any atom is -0.467 e. The monoisotopic (exact) mass is 384 g/mol. The number of furan rings is 1. The average molecular weight is 384 g/mol. The van der Waals surface area contributed by atoms with Crippen molar-refractivity contribution < 1.29 is 9.21 Å². The number of carbonyl (C=O) groups is 1. The van der Waals surface area contributed by atoms with Gasteiger partial charge in [-0.15, -0.1) is 0 Å². The number of benzene rings is 2. The number of carbonyl (C=O) groups excluding carboxylic acids is 1. The maximum atomic E-state index is 13.4. The fraction of sp³-hybridized carbons (Fsp3) is 0.200. The fourth-order valence-electron chi connectivity index (χ4n) is 3.51. The normalized spacial score (nSPS) is 12.0. The van der Waals surface area contributed by atoms with Gasteiger partial charge in [0.15, 0.2) is 0 Å². The van der Waals surface area contributed by atoms with Gasteiger partial charge < -0.3 is 9.32 Å². The molecule has 0 unspecified atom stereocenters. The number of hydrogen-bond donors (Lipinski definition) is 0. The first-order valence-corrected chi connectivity index (χ1v) is 9.94. The molecule has 2 heterocycles. The minimum absolute atomic E-state index is 0.0427. The van der Waals surface area contributed by atoms with Crippen LogP contribution in [0.3, 0.4) is 0 Å². The third kappa shape index (κ3) is 4.54. The summed E-state index contributed by atoms with van der Waals surface area (Å²) < 4.78 is 5.52. The summed E-state index contributed by atoms with van der Waals surface area (Å²) in [6.45, 7) is 2.52. The molecule has 1 atom stereocenters. The van der Waals surface area contributed by atoms with Crippen molar-refractivity contribution in [3.8, 4) is 0 Å². The Morgan fingerprint density at radius 1 is 0.966 bits per heavy atom. The van der Waals surface area contributed by atoms with Crippen molar-refractivity contribution in [2.45, 2.75) is 32.4 Å². The van der Waals surface area contributed by atoms with Crippen molar-refractivity contribution in [2.75, 3.05) is 0 Å². The Kier molecular flexibility index (Phi) is 5.71. The van der Waals surface area contributed by atoms with Crippen LogP contribution in [0.15, 0.2) is 89.5 Å². The highest BCUT2D eigenvalue weighted by Gasteiger charge is 2.24. The molecule has 146 valence electrons. The lowest BCUT2D eigenvalue weighted by molar-refractivity contribution is 0.0646. The van der Waals surface area contributed by atoms with Crippen LogP contribution >= 0.6 is 0 Å². The van der Waals surface area contributed by atoms with E-state index in [9.17, 15) is 4.79 Å². The summed E-state index contributed by atoms with van der Waals surface area (Å²) in [6, 6.07) is 25.8. The summed E-state index contributed by atoms with van der Waals surface area (Å²) in [5, 5.41) is 1.03. The number of hydrogen-bond acceptors (Lipinski definition) is 3. The number of para-hydroxylation sites is 1. The van der Waals surface area contributed by atoms with Crippen LogP contribution in [-0.2, 0) is 13.0 Å². The molecule has 0 aliphatic rings. The van der Waals surface area contributed by atoms with Crippen LogP contribution in [0.2, 0.25) is 0 Å². The van der Waals surface area contributed by atoms with Gasteiger partial charge in [-0.1, -0.05) is 54.6 Å². The lowest BCUT2D eigenvalue weighted by atomic mass is 10.0. The van der Waals surface area contributed by atoms with Gasteiger partial charge in [-0.05, 0) is 49.6 Å². The third-order valence-corrected chi connectivity index (χ3v) is 5.21. The van der Waals surface area contributed by atoms with Gasteiger partial charge >= 0.3 is 0 Å². The first kappa shape index (κ1) is 18.9. The van der Waals surface area contributed by atoms with E-state index in [2.05, 4.69) is 24.0 Å². The summed E-state index contributed by atoms with van der Waals surface area (Å²) in [6.07, 6.45) is 3.42. The largest absolute Gasteiger partial charge is 0.467 e. The molecule has 0 spiro atoms. The van der Waals surface area contributed by atoms with Crippen molar-refractivity contribution in [1.82, 2.24) is 9.88 Å². The number of aryl methyl sites for hydroxylation is 1. The van der Waals surface area contributed by atoms with Gasteiger partial charge in [0, 0.05) is 11.4 Å². The zero-order valence-corrected chi connectivity index (χ0v) is 16.5. The van der Waals surface area contributed by atoms with E-state index in [0.29, 0.717) is 12.2 Å². The molecule has 0 saturated carbocycles. The highest BCUT2D eigenvalue weighted by atomic mass is 16.3. The molecule has 29 heavy (non-hydrogen) atoms. The number of fused-ring (bicyclic) bond motifs is 1. The van der Waals surface area contributed by atoms with E-state index >= 15 is 0 Å². The topological polar surface area (TPSA) is 46.3 Å². The molecule has 2 aromatic heterocycles. The first-order valence-electron chi connectivity index (χ1n) is 9.94. The molecule has 0 aliphatic heterocycles. The van der Waals surface area contributed by atoms with Crippen molar-refractivity contribution >= 4 is 16.8 Å². The van der Waals surface area contributed by atoms with E-state index in [0.717, 1.165) is 29.5 Å². The summed E-state index contributed by atoms with van der Waals surface area (Å²) >= 11 is 0. The molecule has 1 amide bonds. The number of nitrogens with zero attached hydrogens (tertiary/aromatic N) is 2. The molecular formula is C25H24N2O2. The minimum atomic E-state index is -0.0762. The van der Waals surface area contributed by atoms with Crippen LogP contribution in [0, 0.1) is 0 Å². The Bertz CT molecular complexity index is 1070. The molecule has 0 bridgehead atoms. The second-order valence-electron chi connectivity index (χ2n) is 7.27. The molecule has 4 rings (SSSR count). The highest BCUT2D eigenvalue weighted by Crippen LogP contribution is 2.19. The maximum Gasteiger partial charge on any atom is 0.273 e. The van der Waals surface area contributed by atoms with Crippen molar-refractivity contribution in [2.24, 2.45) is 0 Å². The van der Waals surface area contributed by atoms with E-state index in [1.54, 1.807) is 6.26 Å². The number of rotatable bonds is 7. The predicted octanol–water partition coefficient (Wildman–Crippen LogP) is 5.49. The second-order valence-corrected chi connectivity index (χ2v) is 7.27. The van der Waals surface area contributed by atoms with Gasteiger partial charge in [0.25, 0.3) is 5.91 Å². The van der Waals surface area contributed by atoms with Gasteiger partial charge in [0.05, 0.1) is 18.3 Å². The van der Waals surface area contributed by atoms with Crippen LogP contribution in [0.1, 0.15) is 35.2 Å². The smallest absolute Gasteiger partial charge is 0.273 e. The Balaban J connectivity index is 1.57. The maximum absolute atomic E-state index is 13.4. The van der Waals surface area contributed by atoms with Gasteiger partial charge in [0.1, 0.15) is 11.5 Å². The SMILES string of the molecule is C[C@@H](CCc1ccccc1)N(Cc1ccco1)C(=O)c1ccc2ccccc2n1. The Labute approximate surface area is 170 Å². The van der Waals surface area contributed by atoms with Gasteiger partial charge in [0.2, 0.25) is 0 Å². The van der Waals surface area contributed by atoms with Crippen molar-refractivity contribution in [3.63, 3.8) is 0 Å². The molecule has 0 N–H and O–H groups in total. The summed E-state index contributed by atoms with van der Waals surface area (Å²) in [5.41, 5.74) is 2.56. The molecule has 0 aliphatic carbocycles. The van der Waals surface area contributed by atoms with E-state index in [1.807, 2.05) is 71.6 Å². The molecular weight excluding hydrogens is 360 g/mol. The summed E-state index contributed by atoms with van der Waals surface area (Å²) in [4.78, 5) is 19.9. The fourth-order valence-corrected chi connectivity index (χ4v) is 3.51. The first-order chi connectivity index (χ1) is 14.2. The molecule has 0 fully saturated rings. The van der Waals surface area contributed by atoms with Gasteiger partial charge in [-0.3, -0.25) is 4.79 Å². The summed E-state index contributed by atoms with van der Waals surface area (Å²) in [7, 11) is 0. The van der Waals surface area contributed by atoms with Crippen LogP contribution < -0.4 is 0 Å². The van der Waals surface area contributed by atoms with E-state index < -0.39 is 0 Å². The lowest BCUT2D eigenvalue weighted by Crippen LogP contribution is -2.38. The molecule has 4 nitrogen and oxygen atoms in total. The standard InChI is InChI=1S/C25H24N2O2/c1-19(13-14-20-8-3-2-4-9-20)27(18-22-11-7-17-29-22)25(28)24-16-15-21-10-5-6-12-23(21)26-24/h2-12,15-17,19H,13-14,18H2,1H3/t19-/m0/s1. The zero-order chi connectivity index (χ0) is 20.1. The van der Waals surface area contributed by atoms with Crippen LogP contribution in [0.5, 0.6) is 0 Å². The van der Waals surface area contributed by atoms with E-state index in [-0.39, 0.29) is 11.9 Å². The quantitative estimate of drug-likeness (QED) is 0.423. The molecule has 4 heteroatoms. The zero-order valence-electron chi connectivity index (χ0n) is 16.5. The lowest BCUT2D eigenvalue weighted by Gasteiger charge is -2.28. The molecule has 0 saturated heterocycles.